The number of hydrogen-bond acceptors (Lipinski definition) is 2. The highest BCUT2D eigenvalue weighted by Crippen LogP contribution is 2.42. The zero-order valence-electron chi connectivity index (χ0n) is 17.5. The second-order valence-corrected chi connectivity index (χ2v) is 9.53. The van der Waals surface area contributed by atoms with Crippen LogP contribution in [-0.2, 0) is 16.1 Å². The van der Waals surface area contributed by atoms with Crippen LogP contribution in [0.4, 0.5) is 0 Å². The van der Waals surface area contributed by atoms with Crippen molar-refractivity contribution >= 4 is 11.8 Å². The number of likely N-dealkylation sites (tertiary alicyclic amines) is 2. The molecule has 1 aromatic carbocycles. The predicted molar refractivity (Wildman–Crippen MR) is 111 cm³/mol. The van der Waals surface area contributed by atoms with Crippen LogP contribution in [0.25, 0.3) is 0 Å². The van der Waals surface area contributed by atoms with Gasteiger partial charge in [-0.3, -0.25) is 9.59 Å². The van der Waals surface area contributed by atoms with E-state index in [1.807, 2.05) is 4.90 Å². The first kappa shape index (κ1) is 19.5. The van der Waals surface area contributed by atoms with Gasteiger partial charge in [0.25, 0.3) is 0 Å². The third-order valence-electron chi connectivity index (χ3n) is 7.45. The standard InChI is InChI=1S/C24H34N2O2/c1-18-6-8-21(9-7-18)22(27)25-13-10-24(11-14-25)12-15-26(23(24)28)17-20-5-3-4-19(2)16-20/h3-5,16,18,21H,6-15,17H2,1-2H3. The van der Waals surface area contributed by atoms with E-state index in [0.717, 1.165) is 57.7 Å². The molecule has 0 aromatic heterocycles. The smallest absolute Gasteiger partial charge is 0.229 e. The van der Waals surface area contributed by atoms with Crippen LogP contribution in [0.3, 0.4) is 0 Å². The summed E-state index contributed by atoms with van der Waals surface area (Å²) in [5, 5.41) is 0. The summed E-state index contributed by atoms with van der Waals surface area (Å²) in [5.41, 5.74) is 2.23. The van der Waals surface area contributed by atoms with E-state index in [1.54, 1.807) is 0 Å². The minimum Gasteiger partial charge on any atom is -0.342 e. The molecule has 4 nitrogen and oxygen atoms in total. The molecule has 1 aliphatic carbocycles. The van der Waals surface area contributed by atoms with Crippen LogP contribution in [0.1, 0.15) is 63.0 Å². The van der Waals surface area contributed by atoms with Crippen molar-refractivity contribution in [3.63, 3.8) is 0 Å². The molecule has 2 aliphatic heterocycles. The first-order valence-electron chi connectivity index (χ1n) is 11.1. The average Bonchev–Trinajstić information content (AvgIpc) is 2.98. The fraction of sp³-hybridized carbons (Fsp3) is 0.667. The van der Waals surface area contributed by atoms with Crippen molar-refractivity contribution in [3.8, 4) is 0 Å². The van der Waals surface area contributed by atoms with Crippen molar-refractivity contribution in [1.29, 1.82) is 0 Å². The fourth-order valence-electron chi connectivity index (χ4n) is 5.46. The minimum absolute atomic E-state index is 0.221. The van der Waals surface area contributed by atoms with Crippen molar-refractivity contribution in [2.24, 2.45) is 17.3 Å². The molecule has 0 N–H and O–H groups in total. The van der Waals surface area contributed by atoms with Gasteiger partial charge in [0.2, 0.25) is 11.8 Å². The highest BCUT2D eigenvalue weighted by Gasteiger charge is 2.48. The van der Waals surface area contributed by atoms with Crippen LogP contribution in [0.5, 0.6) is 0 Å². The van der Waals surface area contributed by atoms with Crippen molar-refractivity contribution in [2.75, 3.05) is 19.6 Å². The van der Waals surface area contributed by atoms with Crippen LogP contribution < -0.4 is 0 Å². The third-order valence-corrected chi connectivity index (χ3v) is 7.45. The lowest BCUT2D eigenvalue weighted by atomic mass is 9.76. The van der Waals surface area contributed by atoms with Crippen LogP contribution in [0, 0.1) is 24.2 Å². The Kier molecular flexibility index (Phi) is 5.48. The number of hydrogen-bond donors (Lipinski definition) is 0. The lowest BCUT2D eigenvalue weighted by Gasteiger charge is -2.40. The number of aryl methyl sites for hydroxylation is 1. The fourth-order valence-corrected chi connectivity index (χ4v) is 5.46. The number of piperidine rings is 1. The van der Waals surface area contributed by atoms with E-state index in [0.29, 0.717) is 18.4 Å². The topological polar surface area (TPSA) is 40.6 Å². The number of nitrogens with zero attached hydrogens (tertiary/aromatic N) is 2. The molecular formula is C24H34N2O2. The van der Waals surface area contributed by atoms with Gasteiger partial charge in [-0.25, -0.2) is 0 Å². The molecule has 4 heteroatoms. The van der Waals surface area contributed by atoms with Gasteiger partial charge in [0.1, 0.15) is 0 Å². The minimum atomic E-state index is -0.221. The maximum Gasteiger partial charge on any atom is 0.229 e. The van der Waals surface area contributed by atoms with E-state index in [2.05, 4.69) is 43.0 Å². The zero-order chi connectivity index (χ0) is 19.7. The quantitative estimate of drug-likeness (QED) is 0.787. The largest absolute Gasteiger partial charge is 0.342 e. The van der Waals surface area contributed by atoms with Gasteiger partial charge in [-0.1, -0.05) is 36.8 Å². The highest BCUT2D eigenvalue weighted by atomic mass is 16.2. The molecule has 0 radical (unpaired) electrons. The summed E-state index contributed by atoms with van der Waals surface area (Å²) in [6, 6.07) is 8.44. The molecule has 28 heavy (non-hydrogen) atoms. The Hall–Kier alpha value is -1.84. The van der Waals surface area contributed by atoms with Gasteiger partial charge in [0, 0.05) is 32.1 Å². The normalized spacial score (nSPS) is 27.4. The van der Waals surface area contributed by atoms with Crippen molar-refractivity contribution in [2.45, 2.75) is 65.3 Å². The summed E-state index contributed by atoms with van der Waals surface area (Å²) >= 11 is 0. The Labute approximate surface area is 169 Å². The summed E-state index contributed by atoms with van der Waals surface area (Å²) in [6.07, 6.45) is 7.08. The molecule has 0 bridgehead atoms. The van der Waals surface area contributed by atoms with Gasteiger partial charge in [0.05, 0.1) is 5.41 Å². The third kappa shape index (κ3) is 3.83. The Morgan fingerprint density at radius 1 is 1.07 bits per heavy atom. The van der Waals surface area contributed by atoms with Gasteiger partial charge in [-0.05, 0) is 63.4 Å². The van der Waals surface area contributed by atoms with Crippen molar-refractivity contribution < 1.29 is 9.59 Å². The zero-order valence-corrected chi connectivity index (χ0v) is 17.5. The molecule has 4 rings (SSSR count). The maximum atomic E-state index is 13.2. The van der Waals surface area contributed by atoms with Crippen LogP contribution in [0.15, 0.2) is 24.3 Å². The van der Waals surface area contributed by atoms with Gasteiger partial charge < -0.3 is 9.80 Å². The van der Waals surface area contributed by atoms with Gasteiger partial charge in [-0.2, -0.15) is 0 Å². The van der Waals surface area contributed by atoms with Gasteiger partial charge >= 0.3 is 0 Å². The first-order valence-corrected chi connectivity index (χ1v) is 11.1. The number of carbonyl (C=O) groups excluding carboxylic acids is 2. The summed E-state index contributed by atoms with van der Waals surface area (Å²) in [5.74, 6) is 1.66. The Balaban J connectivity index is 1.33. The van der Waals surface area contributed by atoms with Crippen LogP contribution in [0.2, 0.25) is 0 Å². The van der Waals surface area contributed by atoms with E-state index in [9.17, 15) is 9.59 Å². The highest BCUT2D eigenvalue weighted by molar-refractivity contribution is 5.85. The second-order valence-electron chi connectivity index (χ2n) is 9.53. The summed E-state index contributed by atoms with van der Waals surface area (Å²) < 4.78 is 0. The van der Waals surface area contributed by atoms with Crippen molar-refractivity contribution in [1.82, 2.24) is 9.80 Å². The Morgan fingerprint density at radius 2 is 1.75 bits per heavy atom. The Bertz CT molecular complexity index is 728. The monoisotopic (exact) mass is 382 g/mol. The molecule has 2 heterocycles. The lowest BCUT2D eigenvalue weighted by Crippen LogP contribution is -2.48. The molecular weight excluding hydrogens is 348 g/mol. The van der Waals surface area contributed by atoms with Gasteiger partial charge in [-0.15, -0.1) is 0 Å². The molecule has 0 unspecified atom stereocenters. The SMILES string of the molecule is Cc1cccc(CN2CCC3(CCN(C(=O)C4CCC(C)CC4)CC3)C2=O)c1. The van der Waals surface area contributed by atoms with E-state index >= 15 is 0 Å². The summed E-state index contributed by atoms with van der Waals surface area (Å²) in [6.45, 7) is 7.46. The number of benzene rings is 1. The molecule has 2 amide bonds. The van der Waals surface area contributed by atoms with E-state index in [-0.39, 0.29) is 11.3 Å². The number of amides is 2. The average molecular weight is 383 g/mol. The number of rotatable bonds is 3. The second kappa shape index (κ2) is 7.88. The first-order chi connectivity index (χ1) is 13.5. The van der Waals surface area contributed by atoms with E-state index in [1.165, 1.54) is 24.0 Å². The molecule has 1 aromatic rings. The maximum absolute atomic E-state index is 13.2. The summed E-state index contributed by atoms with van der Waals surface area (Å²) in [7, 11) is 0. The molecule has 3 fully saturated rings. The molecule has 1 saturated carbocycles. The van der Waals surface area contributed by atoms with Crippen LogP contribution >= 0.6 is 0 Å². The lowest BCUT2D eigenvalue weighted by molar-refractivity contribution is -0.145. The Morgan fingerprint density at radius 3 is 2.43 bits per heavy atom. The molecule has 1 spiro atoms. The molecule has 152 valence electrons. The van der Waals surface area contributed by atoms with Crippen LogP contribution in [-0.4, -0.2) is 41.2 Å². The predicted octanol–water partition coefficient (Wildman–Crippen LogP) is 4.16. The number of carbonyl (C=O) groups is 2. The molecule has 0 atom stereocenters. The van der Waals surface area contributed by atoms with E-state index < -0.39 is 0 Å². The van der Waals surface area contributed by atoms with Crippen molar-refractivity contribution in [3.05, 3.63) is 35.4 Å². The molecule has 2 saturated heterocycles. The molecule has 3 aliphatic rings. The van der Waals surface area contributed by atoms with E-state index in [4.69, 9.17) is 0 Å². The summed E-state index contributed by atoms with van der Waals surface area (Å²) in [4.78, 5) is 30.2. The van der Waals surface area contributed by atoms with Gasteiger partial charge in [0.15, 0.2) is 0 Å².